The molecule has 1 atom stereocenters. The Balaban J connectivity index is 2.14. The standard InChI is InChI=1S/C12H14Cl2N2O3/c1-12(3-2-4-19-12)7-15-11-9(13)5-8(16(17)18)6-10(11)14/h5-6,15H,2-4,7H2,1H3. The van der Waals surface area contributed by atoms with Crippen molar-refractivity contribution in [3.8, 4) is 0 Å². The van der Waals surface area contributed by atoms with E-state index in [0.717, 1.165) is 19.4 Å². The van der Waals surface area contributed by atoms with Crippen molar-refractivity contribution >= 4 is 34.6 Å². The van der Waals surface area contributed by atoms with Crippen LogP contribution in [0.15, 0.2) is 12.1 Å². The molecule has 1 aliphatic heterocycles. The van der Waals surface area contributed by atoms with Gasteiger partial charge in [0.15, 0.2) is 0 Å². The fraction of sp³-hybridized carbons (Fsp3) is 0.500. The maximum atomic E-state index is 10.7. The predicted molar refractivity (Wildman–Crippen MR) is 75.2 cm³/mol. The molecule has 1 aliphatic rings. The first-order valence-electron chi connectivity index (χ1n) is 5.92. The van der Waals surface area contributed by atoms with Crippen molar-refractivity contribution in [3.05, 3.63) is 32.3 Å². The molecule has 1 unspecified atom stereocenters. The van der Waals surface area contributed by atoms with E-state index in [2.05, 4.69) is 5.32 Å². The third-order valence-electron chi connectivity index (χ3n) is 3.18. The molecule has 1 aromatic carbocycles. The number of rotatable bonds is 4. The van der Waals surface area contributed by atoms with Crippen LogP contribution in [0.2, 0.25) is 10.0 Å². The number of nitro groups is 1. The first-order valence-corrected chi connectivity index (χ1v) is 6.68. The number of halogens is 2. The molecule has 0 spiro atoms. The Bertz CT molecular complexity index is 479. The second-order valence-corrected chi connectivity index (χ2v) is 5.61. The number of ether oxygens (including phenoxy) is 1. The van der Waals surface area contributed by atoms with Crippen molar-refractivity contribution in [2.24, 2.45) is 0 Å². The largest absolute Gasteiger partial charge is 0.380 e. The van der Waals surface area contributed by atoms with Crippen LogP contribution in [-0.2, 0) is 4.74 Å². The zero-order valence-electron chi connectivity index (χ0n) is 10.4. The number of hydrogen-bond acceptors (Lipinski definition) is 4. The molecule has 1 N–H and O–H groups in total. The van der Waals surface area contributed by atoms with Crippen molar-refractivity contribution in [3.63, 3.8) is 0 Å². The van der Waals surface area contributed by atoms with Crippen LogP contribution in [0, 0.1) is 10.1 Å². The van der Waals surface area contributed by atoms with Gasteiger partial charge in [-0.2, -0.15) is 0 Å². The van der Waals surface area contributed by atoms with Crippen LogP contribution in [0.25, 0.3) is 0 Å². The minimum Gasteiger partial charge on any atom is -0.380 e. The lowest BCUT2D eigenvalue weighted by Crippen LogP contribution is -2.32. The number of benzene rings is 1. The average Bonchev–Trinajstić information content (AvgIpc) is 2.75. The van der Waals surface area contributed by atoms with E-state index in [9.17, 15) is 10.1 Å². The van der Waals surface area contributed by atoms with Crippen LogP contribution in [0.3, 0.4) is 0 Å². The van der Waals surface area contributed by atoms with Gasteiger partial charge in [0, 0.05) is 25.3 Å². The molecule has 1 heterocycles. The molecule has 0 amide bonds. The van der Waals surface area contributed by atoms with E-state index in [1.165, 1.54) is 12.1 Å². The lowest BCUT2D eigenvalue weighted by molar-refractivity contribution is -0.384. The van der Waals surface area contributed by atoms with Gasteiger partial charge in [-0.05, 0) is 19.8 Å². The van der Waals surface area contributed by atoms with Crippen molar-refractivity contribution in [2.45, 2.75) is 25.4 Å². The molecular weight excluding hydrogens is 291 g/mol. The highest BCUT2D eigenvalue weighted by molar-refractivity contribution is 6.39. The molecule has 5 nitrogen and oxygen atoms in total. The van der Waals surface area contributed by atoms with Gasteiger partial charge in [-0.25, -0.2) is 0 Å². The summed E-state index contributed by atoms with van der Waals surface area (Å²) < 4.78 is 5.65. The molecule has 7 heteroatoms. The molecule has 1 fully saturated rings. The third-order valence-corrected chi connectivity index (χ3v) is 3.77. The second kappa shape index (κ2) is 5.53. The van der Waals surface area contributed by atoms with Gasteiger partial charge in [0.1, 0.15) is 0 Å². The van der Waals surface area contributed by atoms with Crippen LogP contribution < -0.4 is 5.32 Å². The molecule has 2 rings (SSSR count). The smallest absolute Gasteiger partial charge is 0.272 e. The van der Waals surface area contributed by atoms with Gasteiger partial charge in [0.05, 0.1) is 26.3 Å². The lowest BCUT2D eigenvalue weighted by atomic mass is 10.0. The Kier molecular flexibility index (Phi) is 4.18. The van der Waals surface area contributed by atoms with Crippen molar-refractivity contribution in [2.75, 3.05) is 18.5 Å². The van der Waals surface area contributed by atoms with Gasteiger partial charge >= 0.3 is 0 Å². The maximum absolute atomic E-state index is 10.7. The molecule has 1 aromatic rings. The summed E-state index contributed by atoms with van der Waals surface area (Å²) in [5.74, 6) is 0. The zero-order chi connectivity index (χ0) is 14.0. The van der Waals surface area contributed by atoms with Gasteiger partial charge in [-0.1, -0.05) is 23.2 Å². The molecular formula is C12H14Cl2N2O3. The highest BCUT2D eigenvalue weighted by Gasteiger charge is 2.30. The fourth-order valence-electron chi connectivity index (χ4n) is 2.09. The summed E-state index contributed by atoms with van der Waals surface area (Å²) in [6, 6.07) is 2.57. The summed E-state index contributed by atoms with van der Waals surface area (Å²) in [6.45, 7) is 3.32. The topological polar surface area (TPSA) is 64.4 Å². The fourth-order valence-corrected chi connectivity index (χ4v) is 2.69. The van der Waals surface area contributed by atoms with E-state index in [4.69, 9.17) is 27.9 Å². The van der Waals surface area contributed by atoms with Gasteiger partial charge in [0.2, 0.25) is 0 Å². The number of nitrogens with zero attached hydrogens (tertiary/aromatic N) is 1. The van der Waals surface area contributed by atoms with Crippen molar-refractivity contribution < 1.29 is 9.66 Å². The normalized spacial score (nSPS) is 22.5. The summed E-state index contributed by atoms with van der Waals surface area (Å²) in [5, 5.41) is 14.3. The van der Waals surface area contributed by atoms with E-state index in [-0.39, 0.29) is 21.3 Å². The number of anilines is 1. The van der Waals surface area contributed by atoms with Crippen LogP contribution in [0.1, 0.15) is 19.8 Å². The van der Waals surface area contributed by atoms with E-state index >= 15 is 0 Å². The molecule has 0 radical (unpaired) electrons. The summed E-state index contributed by atoms with van der Waals surface area (Å²) in [7, 11) is 0. The molecule has 1 saturated heterocycles. The van der Waals surface area contributed by atoms with E-state index < -0.39 is 4.92 Å². The average molecular weight is 305 g/mol. The Morgan fingerprint density at radius 3 is 2.58 bits per heavy atom. The number of non-ortho nitro benzene ring substituents is 1. The molecule has 104 valence electrons. The Hall–Kier alpha value is -1.04. The maximum Gasteiger partial charge on any atom is 0.272 e. The highest BCUT2D eigenvalue weighted by atomic mass is 35.5. The SMILES string of the molecule is CC1(CNc2c(Cl)cc([N+](=O)[O-])cc2Cl)CCCO1. The first kappa shape index (κ1) is 14.4. The van der Waals surface area contributed by atoms with Crippen LogP contribution >= 0.6 is 23.2 Å². The summed E-state index contributed by atoms with van der Waals surface area (Å²) >= 11 is 12.0. The monoisotopic (exact) mass is 304 g/mol. The molecule has 0 saturated carbocycles. The lowest BCUT2D eigenvalue weighted by Gasteiger charge is -2.24. The minimum absolute atomic E-state index is 0.121. The number of nitro benzene ring substituents is 1. The molecule has 0 bridgehead atoms. The molecule has 0 aromatic heterocycles. The first-order chi connectivity index (χ1) is 8.91. The van der Waals surface area contributed by atoms with E-state index in [0.29, 0.717) is 12.2 Å². The molecule has 19 heavy (non-hydrogen) atoms. The Labute approximate surface area is 121 Å². The van der Waals surface area contributed by atoms with E-state index in [1.54, 1.807) is 0 Å². The summed E-state index contributed by atoms with van der Waals surface area (Å²) in [6.07, 6.45) is 1.99. The van der Waals surface area contributed by atoms with Gasteiger partial charge in [-0.3, -0.25) is 10.1 Å². The van der Waals surface area contributed by atoms with Crippen LogP contribution in [0.5, 0.6) is 0 Å². The second-order valence-electron chi connectivity index (χ2n) is 4.80. The number of hydrogen-bond donors (Lipinski definition) is 1. The quantitative estimate of drug-likeness (QED) is 0.677. The van der Waals surface area contributed by atoms with Crippen molar-refractivity contribution in [1.29, 1.82) is 0 Å². The summed E-state index contributed by atoms with van der Waals surface area (Å²) in [5.41, 5.74) is 0.142. The predicted octanol–water partition coefficient (Wildman–Crippen LogP) is 3.88. The van der Waals surface area contributed by atoms with Gasteiger partial charge in [-0.15, -0.1) is 0 Å². The van der Waals surface area contributed by atoms with Gasteiger partial charge < -0.3 is 10.1 Å². The molecule has 0 aliphatic carbocycles. The Morgan fingerprint density at radius 2 is 2.11 bits per heavy atom. The van der Waals surface area contributed by atoms with Crippen LogP contribution in [-0.4, -0.2) is 23.7 Å². The Morgan fingerprint density at radius 1 is 1.47 bits per heavy atom. The number of nitrogens with one attached hydrogen (secondary N) is 1. The minimum atomic E-state index is -0.525. The van der Waals surface area contributed by atoms with Crippen LogP contribution in [0.4, 0.5) is 11.4 Å². The summed E-state index contributed by atoms with van der Waals surface area (Å²) in [4.78, 5) is 10.2. The zero-order valence-corrected chi connectivity index (χ0v) is 11.9. The van der Waals surface area contributed by atoms with E-state index in [1.807, 2.05) is 6.92 Å². The third kappa shape index (κ3) is 3.29. The highest BCUT2D eigenvalue weighted by Crippen LogP contribution is 2.35. The van der Waals surface area contributed by atoms with Crippen molar-refractivity contribution in [1.82, 2.24) is 0 Å². The van der Waals surface area contributed by atoms with Gasteiger partial charge in [0.25, 0.3) is 5.69 Å².